The number of nitrogens with zero attached hydrogens (tertiary/aromatic N) is 2. The van der Waals surface area contributed by atoms with Crippen LogP contribution in [0.1, 0.15) is 99.3 Å². The summed E-state index contributed by atoms with van der Waals surface area (Å²) in [6.07, 6.45) is 14.9. The normalized spacial score (nSPS) is 11.2. The van der Waals surface area contributed by atoms with Crippen LogP contribution in [-0.4, -0.2) is 22.0 Å². The third-order valence-electron chi connectivity index (χ3n) is 6.61. The minimum atomic E-state index is 0.0239. The van der Waals surface area contributed by atoms with Gasteiger partial charge in [0.25, 0.3) is 5.91 Å². The van der Waals surface area contributed by atoms with Crippen LogP contribution >= 0.6 is 0 Å². The van der Waals surface area contributed by atoms with Crippen LogP contribution < -0.4 is 5.32 Å². The number of carbonyl (C=O) groups excluding carboxylic acids is 1. The molecule has 0 fully saturated rings. The van der Waals surface area contributed by atoms with Crippen LogP contribution in [0.2, 0.25) is 0 Å². The van der Waals surface area contributed by atoms with Gasteiger partial charge in [-0.2, -0.15) is 0 Å². The highest BCUT2D eigenvalue weighted by molar-refractivity contribution is 5.94. The molecule has 4 nitrogen and oxygen atoms in total. The second kappa shape index (κ2) is 14.6. The summed E-state index contributed by atoms with van der Waals surface area (Å²) in [4.78, 5) is 17.2. The van der Waals surface area contributed by atoms with Crippen molar-refractivity contribution in [2.75, 3.05) is 6.54 Å². The van der Waals surface area contributed by atoms with Gasteiger partial charge in [-0.15, -0.1) is 0 Å². The number of unbranched alkanes of at least 4 members (excludes halogenated alkanes) is 9. The fourth-order valence-electron chi connectivity index (χ4n) is 4.64. The standard InChI is InChI=1S/C30H43N3O/c1-3-4-5-6-7-8-9-15-23-33-28-20-13-12-19-27(28)32-29(33)21-11-10-14-22-31-30(34)26-18-16-17-25(2)24-26/h12-13,16-20,24H,3-11,14-15,21-23H2,1-2H3,(H,31,34). The topological polar surface area (TPSA) is 46.9 Å². The fourth-order valence-corrected chi connectivity index (χ4v) is 4.64. The zero-order valence-corrected chi connectivity index (χ0v) is 21.3. The van der Waals surface area contributed by atoms with E-state index in [0.29, 0.717) is 0 Å². The molecule has 4 heteroatoms. The number of hydrogen-bond acceptors (Lipinski definition) is 2. The molecule has 0 saturated carbocycles. The van der Waals surface area contributed by atoms with Crippen LogP contribution in [0.5, 0.6) is 0 Å². The van der Waals surface area contributed by atoms with E-state index in [0.717, 1.165) is 55.4 Å². The van der Waals surface area contributed by atoms with Crippen molar-refractivity contribution in [2.45, 2.75) is 97.4 Å². The fraction of sp³-hybridized carbons (Fsp3) is 0.533. The van der Waals surface area contributed by atoms with Crippen molar-refractivity contribution in [3.05, 3.63) is 65.5 Å². The molecular formula is C30H43N3O. The molecular weight excluding hydrogens is 418 g/mol. The first-order valence-corrected chi connectivity index (χ1v) is 13.5. The van der Waals surface area contributed by atoms with E-state index < -0.39 is 0 Å². The van der Waals surface area contributed by atoms with Crippen molar-refractivity contribution >= 4 is 16.9 Å². The number of aryl methyl sites for hydroxylation is 3. The van der Waals surface area contributed by atoms with Crippen LogP contribution in [0.3, 0.4) is 0 Å². The van der Waals surface area contributed by atoms with E-state index >= 15 is 0 Å². The smallest absolute Gasteiger partial charge is 0.251 e. The largest absolute Gasteiger partial charge is 0.352 e. The van der Waals surface area contributed by atoms with E-state index in [9.17, 15) is 4.79 Å². The van der Waals surface area contributed by atoms with E-state index in [-0.39, 0.29) is 5.91 Å². The second-order valence-corrected chi connectivity index (χ2v) is 9.58. The SMILES string of the molecule is CCCCCCCCCCn1c(CCCCCNC(=O)c2cccc(C)c2)nc2ccccc21. The summed E-state index contributed by atoms with van der Waals surface area (Å²) in [6, 6.07) is 16.3. The number of aromatic nitrogens is 2. The highest BCUT2D eigenvalue weighted by Crippen LogP contribution is 2.19. The summed E-state index contributed by atoms with van der Waals surface area (Å²) in [5, 5.41) is 3.05. The number of amides is 1. The second-order valence-electron chi connectivity index (χ2n) is 9.58. The van der Waals surface area contributed by atoms with Crippen molar-refractivity contribution in [2.24, 2.45) is 0 Å². The maximum Gasteiger partial charge on any atom is 0.251 e. The molecule has 0 spiro atoms. The summed E-state index contributed by atoms with van der Waals surface area (Å²) in [5.41, 5.74) is 4.24. The molecule has 3 rings (SSSR count). The number of nitrogens with one attached hydrogen (secondary N) is 1. The molecule has 0 aliphatic carbocycles. The minimum absolute atomic E-state index is 0.0239. The Balaban J connectivity index is 1.40. The number of hydrogen-bond donors (Lipinski definition) is 1. The lowest BCUT2D eigenvalue weighted by Crippen LogP contribution is -2.24. The van der Waals surface area contributed by atoms with Crippen molar-refractivity contribution in [3.63, 3.8) is 0 Å². The van der Waals surface area contributed by atoms with Gasteiger partial charge < -0.3 is 9.88 Å². The maximum atomic E-state index is 12.3. The summed E-state index contributed by atoms with van der Waals surface area (Å²) >= 11 is 0. The zero-order chi connectivity index (χ0) is 24.0. The Labute approximate surface area is 206 Å². The first kappa shape index (κ1) is 26.0. The number of fused-ring (bicyclic) bond motifs is 1. The number of carbonyl (C=O) groups is 1. The Hall–Kier alpha value is -2.62. The van der Waals surface area contributed by atoms with Gasteiger partial charge in [-0.25, -0.2) is 4.98 Å². The average molecular weight is 462 g/mol. The van der Waals surface area contributed by atoms with E-state index in [4.69, 9.17) is 4.98 Å². The molecule has 0 aliphatic rings. The monoisotopic (exact) mass is 461 g/mol. The Morgan fingerprint density at radius 3 is 2.38 bits per heavy atom. The summed E-state index contributed by atoms with van der Waals surface area (Å²) in [5.74, 6) is 1.24. The van der Waals surface area contributed by atoms with Gasteiger partial charge in [0.05, 0.1) is 11.0 Å². The van der Waals surface area contributed by atoms with Crippen molar-refractivity contribution < 1.29 is 4.79 Å². The molecule has 0 atom stereocenters. The molecule has 2 aromatic carbocycles. The molecule has 0 radical (unpaired) electrons. The third kappa shape index (κ3) is 8.30. The Bertz CT molecular complexity index is 1010. The lowest BCUT2D eigenvalue weighted by molar-refractivity contribution is 0.0953. The van der Waals surface area contributed by atoms with Gasteiger partial charge in [-0.05, 0) is 50.5 Å². The number of rotatable bonds is 16. The summed E-state index contributed by atoms with van der Waals surface area (Å²) in [6.45, 7) is 6.08. The number of para-hydroxylation sites is 2. The van der Waals surface area contributed by atoms with Gasteiger partial charge in [-0.3, -0.25) is 4.79 Å². The molecule has 184 valence electrons. The van der Waals surface area contributed by atoms with Gasteiger partial charge in [0.1, 0.15) is 5.82 Å². The molecule has 34 heavy (non-hydrogen) atoms. The maximum absolute atomic E-state index is 12.3. The Morgan fingerprint density at radius 2 is 1.59 bits per heavy atom. The summed E-state index contributed by atoms with van der Waals surface area (Å²) < 4.78 is 2.45. The van der Waals surface area contributed by atoms with Crippen LogP contribution in [0.25, 0.3) is 11.0 Å². The van der Waals surface area contributed by atoms with Gasteiger partial charge in [0.15, 0.2) is 0 Å². The Morgan fingerprint density at radius 1 is 0.853 bits per heavy atom. The minimum Gasteiger partial charge on any atom is -0.352 e. The third-order valence-corrected chi connectivity index (χ3v) is 6.61. The van der Waals surface area contributed by atoms with E-state index in [1.807, 2.05) is 31.2 Å². The van der Waals surface area contributed by atoms with Crippen LogP contribution in [0.4, 0.5) is 0 Å². The molecule has 1 N–H and O–H groups in total. The highest BCUT2D eigenvalue weighted by Gasteiger charge is 2.10. The molecule has 3 aromatic rings. The lowest BCUT2D eigenvalue weighted by Gasteiger charge is -2.10. The van der Waals surface area contributed by atoms with E-state index in [2.05, 4.69) is 41.1 Å². The molecule has 0 bridgehead atoms. The van der Waals surface area contributed by atoms with Crippen LogP contribution in [0, 0.1) is 6.92 Å². The molecule has 1 heterocycles. The van der Waals surface area contributed by atoms with Crippen LogP contribution in [0.15, 0.2) is 48.5 Å². The van der Waals surface area contributed by atoms with Gasteiger partial charge in [-0.1, -0.05) is 88.1 Å². The van der Waals surface area contributed by atoms with E-state index in [1.54, 1.807) is 0 Å². The zero-order valence-electron chi connectivity index (χ0n) is 21.3. The average Bonchev–Trinajstić information content (AvgIpc) is 3.20. The quantitative estimate of drug-likeness (QED) is 0.223. The number of benzene rings is 2. The molecule has 0 unspecified atom stereocenters. The first-order chi connectivity index (χ1) is 16.7. The molecule has 1 amide bonds. The molecule has 0 aliphatic heterocycles. The van der Waals surface area contributed by atoms with Crippen molar-refractivity contribution in [1.29, 1.82) is 0 Å². The van der Waals surface area contributed by atoms with Crippen LogP contribution in [-0.2, 0) is 13.0 Å². The van der Waals surface area contributed by atoms with E-state index in [1.165, 1.54) is 62.7 Å². The highest BCUT2D eigenvalue weighted by atomic mass is 16.1. The number of imidazole rings is 1. The molecule has 1 aromatic heterocycles. The van der Waals surface area contributed by atoms with Gasteiger partial charge >= 0.3 is 0 Å². The first-order valence-electron chi connectivity index (χ1n) is 13.5. The molecule has 0 saturated heterocycles. The lowest BCUT2D eigenvalue weighted by atomic mass is 10.1. The van der Waals surface area contributed by atoms with Crippen molar-refractivity contribution in [3.8, 4) is 0 Å². The van der Waals surface area contributed by atoms with Crippen molar-refractivity contribution in [1.82, 2.24) is 14.9 Å². The predicted molar refractivity (Wildman–Crippen MR) is 143 cm³/mol. The van der Waals surface area contributed by atoms with Gasteiger partial charge in [0.2, 0.25) is 0 Å². The Kier molecular flexibility index (Phi) is 11.2. The summed E-state index contributed by atoms with van der Waals surface area (Å²) in [7, 11) is 0. The van der Waals surface area contributed by atoms with Gasteiger partial charge in [0, 0.05) is 25.1 Å². The predicted octanol–water partition coefficient (Wildman–Crippen LogP) is 7.63.